The van der Waals surface area contributed by atoms with Crippen LogP contribution >= 0.6 is 11.8 Å². The van der Waals surface area contributed by atoms with Crippen molar-refractivity contribution in [2.24, 2.45) is 17.3 Å². The lowest BCUT2D eigenvalue weighted by molar-refractivity contribution is 0.165. The van der Waals surface area contributed by atoms with Crippen molar-refractivity contribution in [2.45, 2.75) is 37.8 Å². The molecule has 4 aliphatic rings. The van der Waals surface area contributed by atoms with Gasteiger partial charge in [0.15, 0.2) is 0 Å². The van der Waals surface area contributed by atoms with Gasteiger partial charge in [-0.15, -0.1) is 0 Å². The van der Waals surface area contributed by atoms with Gasteiger partial charge in [-0.2, -0.15) is 11.8 Å². The molecule has 1 spiro atoms. The van der Waals surface area contributed by atoms with Gasteiger partial charge in [0, 0.05) is 23.6 Å². The van der Waals surface area contributed by atoms with E-state index in [1.165, 1.54) is 37.2 Å². The van der Waals surface area contributed by atoms with E-state index in [2.05, 4.69) is 35.8 Å². The normalized spacial score (nSPS) is 38.6. The second kappa shape index (κ2) is 4.67. The van der Waals surface area contributed by atoms with Crippen LogP contribution in [0.3, 0.4) is 0 Å². The maximum absolute atomic E-state index is 9.73. The summed E-state index contributed by atoms with van der Waals surface area (Å²) in [6, 6.07) is 1.15. The lowest BCUT2D eigenvalue weighted by atomic mass is 9.65. The zero-order valence-electron chi connectivity index (χ0n) is 11.8. The molecule has 20 heavy (non-hydrogen) atoms. The number of allylic oxidation sites excluding steroid dienone is 1. The highest BCUT2D eigenvalue weighted by Crippen LogP contribution is 2.57. The Morgan fingerprint density at radius 1 is 1.35 bits per heavy atom. The molecule has 0 aromatic heterocycles. The van der Waals surface area contributed by atoms with Crippen molar-refractivity contribution >= 4 is 11.8 Å². The van der Waals surface area contributed by atoms with E-state index in [-0.39, 0.29) is 5.76 Å². The molecule has 1 saturated carbocycles. The van der Waals surface area contributed by atoms with Crippen molar-refractivity contribution in [3.8, 4) is 0 Å². The lowest BCUT2D eigenvalue weighted by Gasteiger charge is -2.43. The molecular weight excluding hydrogens is 266 g/mol. The Hall–Kier alpha value is -0.670. The van der Waals surface area contributed by atoms with Crippen molar-refractivity contribution in [3.63, 3.8) is 0 Å². The molecule has 3 atom stereocenters. The van der Waals surface area contributed by atoms with E-state index < -0.39 is 0 Å². The van der Waals surface area contributed by atoms with Gasteiger partial charge < -0.3 is 10.4 Å². The molecule has 2 heterocycles. The molecule has 3 fully saturated rings. The summed E-state index contributed by atoms with van der Waals surface area (Å²) < 4.78 is 0. The molecule has 0 bridgehead atoms. The third-order valence-corrected chi connectivity index (χ3v) is 6.72. The van der Waals surface area contributed by atoms with E-state index in [4.69, 9.17) is 0 Å². The van der Waals surface area contributed by atoms with E-state index in [9.17, 15) is 5.11 Å². The van der Waals surface area contributed by atoms with Crippen molar-refractivity contribution in [3.05, 3.63) is 36.1 Å². The van der Waals surface area contributed by atoms with Crippen molar-refractivity contribution in [1.82, 2.24) is 5.32 Å². The topological polar surface area (TPSA) is 32.3 Å². The number of fused-ring (bicyclic) bond motifs is 2. The summed E-state index contributed by atoms with van der Waals surface area (Å²) in [5, 5.41) is 13.7. The average molecular weight is 289 g/mol. The maximum atomic E-state index is 9.73. The first-order valence-corrected chi connectivity index (χ1v) is 8.98. The quantitative estimate of drug-likeness (QED) is 0.764. The van der Waals surface area contributed by atoms with Gasteiger partial charge in [-0.1, -0.05) is 24.8 Å². The molecule has 3 heteroatoms. The Bertz CT molecular complexity index is 485. The van der Waals surface area contributed by atoms with Gasteiger partial charge in [0.05, 0.1) is 0 Å². The molecule has 0 aromatic carbocycles. The first-order chi connectivity index (χ1) is 9.71. The van der Waals surface area contributed by atoms with Gasteiger partial charge >= 0.3 is 0 Å². The summed E-state index contributed by atoms with van der Waals surface area (Å²) in [5.41, 5.74) is 1.35. The first kappa shape index (κ1) is 13.0. The van der Waals surface area contributed by atoms with E-state index in [0.717, 1.165) is 11.5 Å². The first-order valence-electron chi connectivity index (χ1n) is 7.83. The zero-order valence-corrected chi connectivity index (χ0v) is 12.7. The number of hydrogen-bond donors (Lipinski definition) is 2. The van der Waals surface area contributed by atoms with Crippen LogP contribution in [0.5, 0.6) is 0 Å². The van der Waals surface area contributed by atoms with Crippen LogP contribution in [-0.2, 0) is 0 Å². The molecule has 2 saturated heterocycles. The summed E-state index contributed by atoms with van der Waals surface area (Å²) in [6.45, 7) is 3.70. The summed E-state index contributed by atoms with van der Waals surface area (Å²) in [6.07, 6.45) is 12.0. The summed E-state index contributed by atoms with van der Waals surface area (Å²) in [4.78, 5) is 0. The van der Waals surface area contributed by atoms with Crippen molar-refractivity contribution < 1.29 is 5.11 Å². The monoisotopic (exact) mass is 289 g/mol. The minimum Gasteiger partial charge on any atom is -0.508 e. The third kappa shape index (κ3) is 1.90. The largest absolute Gasteiger partial charge is 0.508 e. The molecule has 0 radical (unpaired) electrons. The molecule has 4 rings (SSSR count). The van der Waals surface area contributed by atoms with Crippen LogP contribution in [0.15, 0.2) is 36.1 Å². The number of aliphatic hydroxyl groups excluding tert-OH is 1. The number of aliphatic hydroxyl groups is 1. The maximum Gasteiger partial charge on any atom is 0.115 e. The molecule has 0 aromatic rings. The summed E-state index contributed by atoms with van der Waals surface area (Å²) >= 11 is 2.10. The molecule has 2 N–H and O–H groups in total. The number of thioether (sulfide) groups is 1. The Balaban J connectivity index is 1.71. The third-order valence-electron chi connectivity index (χ3n) is 5.73. The second-order valence-electron chi connectivity index (χ2n) is 6.81. The van der Waals surface area contributed by atoms with Crippen LogP contribution in [0, 0.1) is 17.3 Å². The Morgan fingerprint density at radius 2 is 2.10 bits per heavy atom. The average Bonchev–Trinajstić information content (AvgIpc) is 3.26. The minimum atomic E-state index is 0.218. The second-order valence-corrected chi connectivity index (χ2v) is 8.03. The van der Waals surface area contributed by atoms with Gasteiger partial charge in [-0.3, -0.25) is 0 Å². The van der Waals surface area contributed by atoms with E-state index in [0.29, 0.717) is 23.4 Å². The summed E-state index contributed by atoms with van der Waals surface area (Å²) in [5.74, 6) is 4.24. The molecule has 2 aliphatic carbocycles. The van der Waals surface area contributed by atoms with Crippen LogP contribution in [0.2, 0.25) is 0 Å². The van der Waals surface area contributed by atoms with Gasteiger partial charge in [-0.25, -0.2) is 0 Å². The van der Waals surface area contributed by atoms with Crippen LogP contribution in [0.4, 0.5) is 0 Å². The molecule has 3 unspecified atom stereocenters. The highest BCUT2D eigenvalue weighted by atomic mass is 32.2. The Kier molecular flexibility index (Phi) is 3.04. The van der Waals surface area contributed by atoms with Gasteiger partial charge in [0.25, 0.3) is 0 Å². The van der Waals surface area contributed by atoms with Crippen molar-refractivity contribution in [1.29, 1.82) is 0 Å². The predicted octanol–water partition coefficient (Wildman–Crippen LogP) is 3.43. The van der Waals surface area contributed by atoms with Crippen LogP contribution in [-0.4, -0.2) is 28.7 Å². The minimum absolute atomic E-state index is 0.218. The van der Waals surface area contributed by atoms with Crippen LogP contribution in [0.1, 0.15) is 25.7 Å². The SMILES string of the molecule is C=C(O)C1=CC2C(C=C1)NC(C1CC1)C21CCSCC1. The molecule has 2 aliphatic heterocycles. The van der Waals surface area contributed by atoms with Crippen molar-refractivity contribution in [2.75, 3.05) is 11.5 Å². The summed E-state index contributed by atoms with van der Waals surface area (Å²) in [7, 11) is 0. The fourth-order valence-electron chi connectivity index (χ4n) is 4.57. The van der Waals surface area contributed by atoms with Gasteiger partial charge in [0.1, 0.15) is 5.76 Å². The number of hydrogen-bond acceptors (Lipinski definition) is 3. The zero-order chi connectivity index (χ0) is 13.7. The predicted molar refractivity (Wildman–Crippen MR) is 84.9 cm³/mol. The highest BCUT2D eigenvalue weighted by molar-refractivity contribution is 7.99. The van der Waals surface area contributed by atoms with Gasteiger partial charge in [0.2, 0.25) is 0 Å². The Morgan fingerprint density at radius 3 is 2.75 bits per heavy atom. The smallest absolute Gasteiger partial charge is 0.115 e. The number of rotatable bonds is 2. The molecule has 2 nitrogen and oxygen atoms in total. The fourth-order valence-corrected chi connectivity index (χ4v) is 5.82. The number of nitrogens with one attached hydrogen (secondary N) is 1. The highest BCUT2D eigenvalue weighted by Gasteiger charge is 2.57. The fraction of sp³-hybridized carbons (Fsp3) is 0.647. The lowest BCUT2D eigenvalue weighted by Crippen LogP contribution is -2.43. The van der Waals surface area contributed by atoms with E-state index in [1.54, 1.807) is 0 Å². The van der Waals surface area contributed by atoms with E-state index in [1.807, 2.05) is 6.08 Å². The van der Waals surface area contributed by atoms with Crippen LogP contribution in [0.25, 0.3) is 0 Å². The molecule has 108 valence electrons. The Labute approximate surface area is 125 Å². The van der Waals surface area contributed by atoms with Crippen LogP contribution < -0.4 is 5.32 Å². The molecule has 0 amide bonds. The van der Waals surface area contributed by atoms with Gasteiger partial charge in [-0.05, 0) is 48.5 Å². The van der Waals surface area contributed by atoms with E-state index >= 15 is 0 Å². The molecular formula is C17H23NOS. The standard InChI is InChI=1S/C17H23NOS/c1-11(19)13-4-5-15-14(10-13)17(6-8-20-9-7-17)16(18-15)12-2-3-12/h4-5,10,12,14-16,18-19H,1-3,6-9H2.